The molecule has 0 aliphatic heterocycles. The number of aryl methyl sites for hydroxylation is 1. The Morgan fingerprint density at radius 2 is 1.94 bits per heavy atom. The van der Waals surface area contributed by atoms with Crippen molar-refractivity contribution in [2.45, 2.75) is 13.8 Å². The molecule has 0 amide bonds. The van der Waals surface area contributed by atoms with Crippen LogP contribution in [0.3, 0.4) is 0 Å². The maximum Gasteiger partial charge on any atom is 0.161 e. The van der Waals surface area contributed by atoms with Crippen LogP contribution >= 0.6 is 11.6 Å². The molecule has 2 rings (SSSR count). The highest BCUT2D eigenvalue weighted by molar-refractivity contribution is 6.32. The Kier molecular flexibility index (Phi) is 3.39. The zero-order valence-corrected chi connectivity index (χ0v) is 11.2. The minimum absolute atomic E-state index is 0.0538. The van der Waals surface area contributed by atoms with Crippen LogP contribution in [0.1, 0.15) is 11.3 Å². The van der Waals surface area contributed by atoms with E-state index in [1.54, 1.807) is 12.1 Å². The molecule has 0 radical (unpaired) electrons. The van der Waals surface area contributed by atoms with E-state index in [-0.39, 0.29) is 5.75 Å². The quantitative estimate of drug-likeness (QED) is 0.874. The van der Waals surface area contributed by atoms with Crippen LogP contribution in [-0.4, -0.2) is 22.1 Å². The lowest BCUT2D eigenvalue weighted by Gasteiger charge is -2.10. The first-order valence-electron chi connectivity index (χ1n) is 5.55. The van der Waals surface area contributed by atoms with Crippen LogP contribution in [0.25, 0.3) is 11.4 Å². The van der Waals surface area contributed by atoms with E-state index in [4.69, 9.17) is 11.6 Å². The number of aromatic hydroxyl groups is 1. The SMILES string of the molecule is CNc1nc(-c2ccc(O)c(Cl)c2)nc(C)c1C. The maximum absolute atomic E-state index is 9.40. The van der Waals surface area contributed by atoms with E-state index < -0.39 is 0 Å². The summed E-state index contributed by atoms with van der Waals surface area (Å²) in [6, 6.07) is 4.93. The average molecular weight is 264 g/mol. The first-order chi connectivity index (χ1) is 8.52. The zero-order chi connectivity index (χ0) is 13.3. The van der Waals surface area contributed by atoms with Crippen molar-refractivity contribution >= 4 is 17.4 Å². The largest absolute Gasteiger partial charge is 0.506 e. The number of halogens is 1. The fourth-order valence-corrected chi connectivity index (χ4v) is 1.83. The molecule has 1 aromatic heterocycles. The highest BCUT2D eigenvalue weighted by Crippen LogP contribution is 2.29. The van der Waals surface area contributed by atoms with Gasteiger partial charge in [0, 0.05) is 23.9 Å². The molecule has 18 heavy (non-hydrogen) atoms. The minimum atomic E-state index is 0.0538. The van der Waals surface area contributed by atoms with Crippen LogP contribution in [0.2, 0.25) is 5.02 Å². The molecule has 0 unspecified atom stereocenters. The molecule has 2 aromatic rings. The summed E-state index contributed by atoms with van der Waals surface area (Å²) in [6.07, 6.45) is 0. The van der Waals surface area contributed by atoms with E-state index in [2.05, 4.69) is 15.3 Å². The molecule has 0 aliphatic carbocycles. The zero-order valence-electron chi connectivity index (χ0n) is 10.5. The molecule has 0 aliphatic rings. The molecular formula is C13H14ClN3O. The summed E-state index contributed by atoms with van der Waals surface area (Å²) >= 11 is 5.89. The molecule has 0 saturated carbocycles. The fourth-order valence-electron chi connectivity index (χ4n) is 1.65. The van der Waals surface area contributed by atoms with Gasteiger partial charge in [0.05, 0.1) is 5.02 Å². The molecule has 0 spiro atoms. The van der Waals surface area contributed by atoms with E-state index in [0.717, 1.165) is 22.6 Å². The number of aromatic nitrogens is 2. The van der Waals surface area contributed by atoms with E-state index in [1.807, 2.05) is 20.9 Å². The van der Waals surface area contributed by atoms with Gasteiger partial charge in [0.25, 0.3) is 0 Å². The van der Waals surface area contributed by atoms with Crippen LogP contribution in [0.5, 0.6) is 5.75 Å². The number of nitrogens with one attached hydrogen (secondary N) is 1. The molecule has 4 nitrogen and oxygen atoms in total. The number of anilines is 1. The highest BCUT2D eigenvalue weighted by atomic mass is 35.5. The predicted molar refractivity (Wildman–Crippen MR) is 73.2 cm³/mol. The second-order valence-corrected chi connectivity index (χ2v) is 4.43. The van der Waals surface area contributed by atoms with Crippen LogP contribution in [-0.2, 0) is 0 Å². The molecule has 5 heteroatoms. The van der Waals surface area contributed by atoms with Crippen molar-refractivity contribution in [1.29, 1.82) is 0 Å². The van der Waals surface area contributed by atoms with Gasteiger partial charge < -0.3 is 10.4 Å². The van der Waals surface area contributed by atoms with Crippen molar-refractivity contribution in [1.82, 2.24) is 9.97 Å². The molecule has 0 fully saturated rings. The number of phenolic OH excluding ortho intramolecular Hbond substituents is 1. The standard InChI is InChI=1S/C13H14ClN3O/c1-7-8(2)16-13(17-12(7)15-3)9-4-5-11(18)10(14)6-9/h4-6,18H,1-3H3,(H,15,16,17). The summed E-state index contributed by atoms with van der Waals surface area (Å²) in [5.74, 6) is 1.43. The van der Waals surface area contributed by atoms with Gasteiger partial charge in [0.15, 0.2) is 5.82 Å². The van der Waals surface area contributed by atoms with Crippen LogP contribution in [0.4, 0.5) is 5.82 Å². The second kappa shape index (κ2) is 4.82. The van der Waals surface area contributed by atoms with Crippen LogP contribution in [0, 0.1) is 13.8 Å². The molecule has 2 N–H and O–H groups in total. The average Bonchev–Trinajstić information content (AvgIpc) is 2.36. The summed E-state index contributed by atoms with van der Waals surface area (Å²) in [6.45, 7) is 3.90. The molecule has 0 bridgehead atoms. The van der Waals surface area contributed by atoms with Gasteiger partial charge in [-0.1, -0.05) is 11.6 Å². The molecule has 0 atom stereocenters. The lowest BCUT2D eigenvalue weighted by molar-refractivity contribution is 0.475. The number of hydrogen-bond acceptors (Lipinski definition) is 4. The first-order valence-corrected chi connectivity index (χ1v) is 5.92. The predicted octanol–water partition coefficient (Wildman–Crippen LogP) is 3.16. The number of phenols is 1. The van der Waals surface area contributed by atoms with Gasteiger partial charge in [-0.25, -0.2) is 9.97 Å². The lowest BCUT2D eigenvalue weighted by atomic mass is 10.1. The Bertz CT molecular complexity index is 599. The number of rotatable bonds is 2. The molecule has 1 heterocycles. The summed E-state index contributed by atoms with van der Waals surface area (Å²) in [4.78, 5) is 8.86. The summed E-state index contributed by atoms with van der Waals surface area (Å²) in [5, 5.41) is 12.7. The maximum atomic E-state index is 9.40. The van der Waals surface area contributed by atoms with Gasteiger partial charge in [-0.2, -0.15) is 0 Å². The van der Waals surface area contributed by atoms with E-state index in [0.29, 0.717) is 10.8 Å². The number of benzene rings is 1. The van der Waals surface area contributed by atoms with E-state index in [9.17, 15) is 5.11 Å². The third-order valence-electron chi connectivity index (χ3n) is 2.83. The number of hydrogen-bond donors (Lipinski definition) is 2. The van der Waals surface area contributed by atoms with E-state index >= 15 is 0 Å². The second-order valence-electron chi connectivity index (χ2n) is 4.02. The highest BCUT2D eigenvalue weighted by Gasteiger charge is 2.10. The van der Waals surface area contributed by atoms with Gasteiger partial charge in [-0.05, 0) is 32.0 Å². The molecule has 0 saturated heterocycles. The smallest absolute Gasteiger partial charge is 0.161 e. The van der Waals surface area contributed by atoms with Crippen molar-refractivity contribution in [2.24, 2.45) is 0 Å². The first kappa shape index (κ1) is 12.6. The summed E-state index contributed by atoms with van der Waals surface area (Å²) in [7, 11) is 1.82. The van der Waals surface area contributed by atoms with Crippen molar-refractivity contribution in [3.63, 3.8) is 0 Å². The van der Waals surface area contributed by atoms with Crippen molar-refractivity contribution < 1.29 is 5.11 Å². The monoisotopic (exact) mass is 263 g/mol. The van der Waals surface area contributed by atoms with Crippen molar-refractivity contribution in [2.75, 3.05) is 12.4 Å². The van der Waals surface area contributed by atoms with E-state index in [1.165, 1.54) is 6.07 Å². The Morgan fingerprint density at radius 1 is 1.22 bits per heavy atom. The number of nitrogens with zero attached hydrogens (tertiary/aromatic N) is 2. The fraction of sp³-hybridized carbons (Fsp3) is 0.231. The topological polar surface area (TPSA) is 58.0 Å². The Hall–Kier alpha value is -1.81. The van der Waals surface area contributed by atoms with Gasteiger partial charge in [-0.3, -0.25) is 0 Å². The Balaban J connectivity index is 2.57. The lowest BCUT2D eigenvalue weighted by Crippen LogP contribution is -2.02. The van der Waals surface area contributed by atoms with Gasteiger partial charge in [0.1, 0.15) is 11.6 Å². The van der Waals surface area contributed by atoms with Gasteiger partial charge >= 0.3 is 0 Å². The minimum Gasteiger partial charge on any atom is -0.506 e. The van der Waals surface area contributed by atoms with Crippen molar-refractivity contribution in [3.05, 3.63) is 34.5 Å². The molecule has 94 valence electrons. The third-order valence-corrected chi connectivity index (χ3v) is 3.13. The third kappa shape index (κ3) is 2.24. The van der Waals surface area contributed by atoms with Crippen LogP contribution in [0.15, 0.2) is 18.2 Å². The van der Waals surface area contributed by atoms with Crippen molar-refractivity contribution in [3.8, 4) is 17.1 Å². The van der Waals surface area contributed by atoms with Gasteiger partial charge in [-0.15, -0.1) is 0 Å². The summed E-state index contributed by atoms with van der Waals surface area (Å²) < 4.78 is 0. The molecular weight excluding hydrogens is 250 g/mol. The van der Waals surface area contributed by atoms with Gasteiger partial charge in [0.2, 0.25) is 0 Å². The Labute approximate surface area is 111 Å². The summed E-state index contributed by atoms with van der Waals surface area (Å²) in [5.41, 5.74) is 2.71. The normalized spacial score (nSPS) is 10.4. The molecule has 1 aromatic carbocycles. The van der Waals surface area contributed by atoms with Crippen LogP contribution < -0.4 is 5.32 Å². The Morgan fingerprint density at radius 3 is 2.56 bits per heavy atom.